The fraction of sp³-hybridized carbons (Fsp3) is 1.00. The molecule has 0 saturated heterocycles. The van der Waals surface area contributed by atoms with E-state index < -0.39 is 8.68 Å². The van der Waals surface area contributed by atoms with E-state index in [2.05, 4.69) is 0 Å². The second kappa shape index (κ2) is 4.74. The minimum absolute atomic E-state index is 0.801. The number of thioether (sulfide) groups is 1. The Kier molecular flexibility index (Phi) is 3.71. The Balaban J connectivity index is 2.63. The molecule has 0 aromatic carbocycles. The van der Waals surface area contributed by atoms with Gasteiger partial charge >= 0.3 is 0 Å². The molecular weight excluding hydrogens is 101 g/mol. The Morgan fingerprint density at radius 2 is 3.00 bits per heavy atom. The van der Waals surface area contributed by atoms with Gasteiger partial charge in [0, 0.05) is 5.49 Å². The molecule has 1 unspecified atom stereocenters. The van der Waals surface area contributed by atoms with Crippen LogP contribution in [-0.2, 0) is 0 Å². The molecule has 5 heavy (non-hydrogen) atoms. The molecule has 0 saturated carbocycles. The highest BCUT2D eigenvalue weighted by Gasteiger charge is 1.67. The van der Waals surface area contributed by atoms with E-state index >= 15 is 0 Å². The van der Waals surface area contributed by atoms with E-state index in [-0.39, 0.29) is 0 Å². The topological polar surface area (TPSA) is 26.0 Å². The monoisotopic (exact) mass is 110 g/mol. The van der Waals surface area contributed by atoms with E-state index in [9.17, 15) is 0 Å². The quantitative estimate of drug-likeness (QED) is 0.533. The molecule has 0 aromatic rings. The van der Waals surface area contributed by atoms with Crippen LogP contribution in [0.5, 0.6) is 0 Å². The van der Waals surface area contributed by atoms with Crippen molar-refractivity contribution < 1.29 is 0 Å². The van der Waals surface area contributed by atoms with Gasteiger partial charge in [-0.25, -0.2) is 0 Å². The van der Waals surface area contributed by atoms with Crippen molar-refractivity contribution in [2.24, 2.45) is 5.50 Å². The Labute approximate surface area is 39.8 Å². The smallest absolute Gasteiger partial charge is 0.0751 e. The first-order valence-electron chi connectivity index (χ1n) is 1.72. The van der Waals surface area contributed by atoms with Gasteiger partial charge in [0.15, 0.2) is 0 Å². The molecule has 0 aliphatic rings. The van der Waals surface area contributed by atoms with E-state index in [4.69, 9.17) is 6.78 Å². The van der Waals surface area contributed by atoms with E-state index in [1.807, 2.05) is 6.26 Å². The second-order valence-corrected chi connectivity index (χ2v) is 2.58. The number of hydrogen-bond acceptors (Lipinski definition) is 2. The van der Waals surface area contributed by atoms with Crippen LogP contribution < -0.4 is 5.50 Å². The molecule has 0 bridgehead atoms. The highest BCUT2D eigenvalue weighted by Crippen LogP contribution is 2.04. The van der Waals surface area contributed by atoms with Gasteiger partial charge in [-0.05, 0) is 14.9 Å². The van der Waals surface area contributed by atoms with Gasteiger partial charge in [0.25, 0.3) is 0 Å². The normalized spacial score (nSPS) is 17.6. The molecule has 0 rings (SSSR count). The van der Waals surface area contributed by atoms with E-state index in [1.54, 1.807) is 11.8 Å². The third-order valence-electron chi connectivity index (χ3n) is 0.204. The first-order valence-corrected chi connectivity index (χ1v) is 3.81. The molecule has 3 heteroatoms. The summed E-state index contributed by atoms with van der Waals surface area (Å²) in [6, 6.07) is 0. The summed E-state index contributed by atoms with van der Waals surface area (Å²) in [7, 11) is -0.888. The Morgan fingerprint density at radius 1 is 2.40 bits per heavy atom. The van der Waals surface area contributed by atoms with Crippen LogP contribution in [-0.4, -0.2) is 13.0 Å². The predicted octanol–water partition coefficient (Wildman–Crippen LogP) is 0.859. The zero-order chi connectivity index (χ0) is 4.99. The fourth-order valence-electron chi connectivity index (χ4n) is 0.0745. The Morgan fingerprint density at radius 3 is 3.00 bits per heavy atom. The van der Waals surface area contributed by atoms with Crippen molar-refractivity contribution in [1.82, 2.24) is 0 Å². The zero-order valence-corrected chi connectivity index (χ0v) is 4.85. The molecule has 1 atom stereocenters. The van der Waals surface area contributed by atoms with Crippen LogP contribution in [0.3, 0.4) is 0 Å². The number of hydrogen-bond donors (Lipinski definition) is 1. The highest BCUT2D eigenvalue weighted by molar-refractivity contribution is 8.02. The third kappa shape index (κ3) is 4.74. The van der Waals surface area contributed by atoms with Gasteiger partial charge in [-0.2, -0.15) is 11.8 Å². The molecule has 0 radical (unpaired) electrons. The highest BCUT2D eigenvalue weighted by atomic mass is 32.2. The molecule has 0 aliphatic carbocycles. The number of rotatable bonds is 2. The Hall–Kier alpha value is 0.740. The molecule has 0 aliphatic heterocycles. The van der Waals surface area contributed by atoms with Gasteiger partial charge in [-0.3, -0.25) is 0 Å². The third-order valence-corrected chi connectivity index (χ3v) is 1.83. The summed E-state index contributed by atoms with van der Waals surface area (Å²) in [5.41, 5.74) is 5.91. The first kappa shape index (κ1) is 3.91. The number of nitrogens with two attached hydrogens (primary N) is 1. The summed E-state index contributed by atoms with van der Waals surface area (Å²) in [5.74, 6) is 0. The van der Waals surface area contributed by atoms with Gasteiger partial charge in [0.05, 0.1) is 1.28 Å². The van der Waals surface area contributed by atoms with Crippen molar-refractivity contribution in [3.63, 3.8) is 0 Å². The van der Waals surface area contributed by atoms with Crippen molar-refractivity contribution >= 4 is 20.4 Å². The predicted molar refractivity (Wildman–Crippen MR) is 30.9 cm³/mol. The van der Waals surface area contributed by atoms with Crippen LogP contribution in [0, 0.1) is 0 Å². The van der Waals surface area contributed by atoms with Crippen LogP contribution in [0.4, 0.5) is 0 Å². The molecule has 2 N–H and O–H groups in total. The van der Waals surface area contributed by atoms with Crippen molar-refractivity contribution in [2.45, 2.75) is 0 Å². The average Bonchev–Trinajstić information content (AvgIpc) is 1.35. The van der Waals surface area contributed by atoms with Crippen molar-refractivity contribution in [1.29, 1.82) is 1.28 Å². The van der Waals surface area contributed by atoms with E-state index in [0.29, 0.717) is 0 Å². The Bertz CT molecular complexity index is 34.7. The summed E-state index contributed by atoms with van der Waals surface area (Å²) < 4.78 is 6.80. The minimum atomic E-state index is -0.888. The lowest BCUT2D eigenvalue weighted by molar-refractivity contribution is 1.95. The minimum Gasteiger partial charge on any atom is -0.311 e. The standard InChI is InChI=1S/C2H8NPS/c1-5-2-4-3/h4H,2-3H2,1H3/i4D. The van der Waals surface area contributed by atoms with Gasteiger partial charge < -0.3 is 5.50 Å². The second-order valence-electron chi connectivity index (χ2n) is 0.600. The maximum Gasteiger partial charge on any atom is 0.0751 e. The molecule has 0 aromatic heterocycles. The molecule has 0 amide bonds. The summed E-state index contributed by atoms with van der Waals surface area (Å²) >= 11 is 1.63. The molecule has 0 fully saturated rings. The molecular formula is C2H8NPS. The largest absolute Gasteiger partial charge is 0.311 e. The van der Waals surface area contributed by atoms with Crippen LogP contribution in [0.15, 0.2) is 0 Å². The van der Waals surface area contributed by atoms with Crippen LogP contribution in [0.25, 0.3) is 0 Å². The van der Waals surface area contributed by atoms with Crippen LogP contribution in [0.1, 0.15) is 0 Å². The molecule has 0 spiro atoms. The average molecular weight is 110 g/mol. The van der Waals surface area contributed by atoms with Crippen molar-refractivity contribution in [3.8, 4) is 0 Å². The van der Waals surface area contributed by atoms with Crippen LogP contribution >= 0.6 is 20.4 Å². The summed E-state index contributed by atoms with van der Waals surface area (Å²) in [6.45, 7) is 0. The maximum absolute atomic E-state index is 6.80. The van der Waals surface area contributed by atoms with Gasteiger partial charge in [-0.1, -0.05) is 0 Å². The van der Waals surface area contributed by atoms with Crippen LogP contribution in [0.2, 0.25) is 0 Å². The van der Waals surface area contributed by atoms with E-state index in [0.717, 1.165) is 5.49 Å². The van der Waals surface area contributed by atoms with E-state index in [1.165, 1.54) is 0 Å². The lowest BCUT2D eigenvalue weighted by atomic mass is 11.9. The first-order chi connectivity index (χ1) is 2.77. The lowest BCUT2D eigenvalue weighted by Gasteiger charge is -1.81. The van der Waals surface area contributed by atoms with Gasteiger partial charge in [0.2, 0.25) is 0 Å². The molecule has 0 heterocycles. The SMILES string of the molecule is [2H]P(N)CSC. The fourth-order valence-corrected chi connectivity index (χ4v) is 0.671. The van der Waals surface area contributed by atoms with Crippen molar-refractivity contribution in [3.05, 3.63) is 0 Å². The van der Waals surface area contributed by atoms with Crippen molar-refractivity contribution in [2.75, 3.05) is 11.7 Å². The van der Waals surface area contributed by atoms with Gasteiger partial charge in [0.1, 0.15) is 0 Å². The maximum atomic E-state index is 6.80. The zero-order valence-electron chi connectivity index (χ0n) is 4.14. The molecule has 32 valence electrons. The summed E-state index contributed by atoms with van der Waals surface area (Å²) in [6.07, 6.45) is 1.96. The lowest BCUT2D eigenvalue weighted by Crippen LogP contribution is -1.70. The summed E-state index contributed by atoms with van der Waals surface area (Å²) in [5, 5.41) is 0. The molecule has 1 nitrogen and oxygen atoms in total. The van der Waals surface area contributed by atoms with Gasteiger partial charge in [-0.15, -0.1) is 0 Å². The summed E-state index contributed by atoms with van der Waals surface area (Å²) in [4.78, 5) is 0.